The molecule has 1 unspecified atom stereocenters. The number of hydrogen-bond acceptors (Lipinski definition) is 4. The predicted molar refractivity (Wildman–Crippen MR) is 75.3 cm³/mol. The summed E-state index contributed by atoms with van der Waals surface area (Å²) in [6, 6.07) is 4.89. The van der Waals surface area contributed by atoms with Gasteiger partial charge in [-0.05, 0) is 38.5 Å². The van der Waals surface area contributed by atoms with Crippen LogP contribution in [-0.4, -0.2) is 29.8 Å². The summed E-state index contributed by atoms with van der Waals surface area (Å²) in [6.07, 6.45) is 0.568. The number of hydrogen-bond donors (Lipinski definition) is 3. The smallest absolute Gasteiger partial charge is 0.251 e. The van der Waals surface area contributed by atoms with Crippen LogP contribution in [0.3, 0.4) is 0 Å². The number of rotatable bonds is 6. The van der Waals surface area contributed by atoms with E-state index in [-0.39, 0.29) is 12.5 Å². The highest BCUT2D eigenvalue weighted by Crippen LogP contribution is 2.22. The Morgan fingerprint density at radius 3 is 2.68 bits per heavy atom. The van der Waals surface area contributed by atoms with E-state index in [0.29, 0.717) is 30.0 Å². The van der Waals surface area contributed by atoms with Crippen LogP contribution in [0, 0.1) is 0 Å². The molecule has 0 saturated carbocycles. The van der Waals surface area contributed by atoms with Crippen molar-refractivity contribution in [2.75, 3.05) is 18.9 Å². The predicted octanol–water partition coefficient (Wildman–Crippen LogP) is 1.56. The molecule has 106 valence electrons. The van der Waals surface area contributed by atoms with Gasteiger partial charge in [-0.1, -0.05) is 6.92 Å². The van der Waals surface area contributed by atoms with Gasteiger partial charge in [0.1, 0.15) is 5.75 Å². The van der Waals surface area contributed by atoms with E-state index < -0.39 is 5.60 Å². The fourth-order valence-corrected chi connectivity index (χ4v) is 1.47. The van der Waals surface area contributed by atoms with Gasteiger partial charge < -0.3 is 20.9 Å². The van der Waals surface area contributed by atoms with E-state index in [9.17, 15) is 9.90 Å². The third-order valence-electron chi connectivity index (χ3n) is 2.96. The standard InChI is InChI=1S/C14H22N2O3/c1-4-14(3,18)9-16-13(17)10-6-7-12(19-5-2)11(15)8-10/h6-8,18H,4-5,9,15H2,1-3H3,(H,16,17). The molecular formula is C14H22N2O3. The molecule has 1 rings (SSSR count). The molecular weight excluding hydrogens is 244 g/mol. The molecule has 5 heteroatoms. The summed E-state index contributed by atoms with van der Waals surface area (Å²) in [6.45, 7) is 6.14. The number of nitrogens with two attached hydrogens (primary N) is 1. The lowest BCUT2D eigenvalue weighted by molar-refractivity contribution is 0.0518. The van der Waals surface area contributed by atoms with Crippen molar-refractivity contribution in [3.05, 3.63) is 23.8 Å². The second-order valence-corrected chi connectivity index (χ2v) is 4.72. The minimum absolute atomic E-state index is 0.204. The third kappa shape index (κ3) is 4.44. The zero-order valence-electron chi connectivity index (χ0n) is 11.7. The molecule has 0 aliphatic carbocycles. The molecule has 0 aliphatic rings. The van der Waals surface area contributed by atoms with E-state index in [0.717, 1.165) is 0 Å². The fourth-order valence-electron chi connectivity index (χ4n) is 1.47. The van der Waals surface area contributed by atoms with Gasteiger partial charge in [0.15, 0.2) is 0 Å². The van der Waals surface area contributed by atoms with Crippen LogP contribution >= 0.6 is 0 Å². The summed E-state index contributed by atoms with van der Waals surface area (Å²) in [5.41, 5.74) is 5.78. The van der Waals surface area contributed by atoms with Crippen LogP contribution in [0.5, 0.6) is 5.75 Å². The first-order valence-corrected chi connectivity index (χ1v) is 6.42. The van der Waals surface area contributed by atoms with Crippen molar-refractivity contribution in [2.24, 2.45) is 0 Å². The van der Waals surface area contributed by atoms with Gasteiger partial charge in [-0.3, -0.25) is 4.79 Å². The van der Waals surface area contributed by atoms with E-state index in [2.05, 4.69) is 5.32 Å². The van der Waals surface area contributed by atoms with Gasteiger partial charge in [0.05, 0.1) is 17.9 Å². The van der Waals surface area contributed by atoms with Crippen molar-refractivity contribution in [3.8, 4) is 5.75 Å². The molecule has 0 aromatic heterocycles. The molecule has 0 saturated heterocycles. The first kappa shape index (κ1) is 15.3. The van der Waals surface area contributed by atoms with Crippen molar-refractivity contribution in [1.82, 2.24) is 5.32 Å². The molecule has 1 aromatic carbocycles. The highest BCUT2D eigenvalue weighted by molar-refractivity contribution is 5.95. The van der Waals surface area contributed by atoms with E-state index >= 15 is 0 Å². The lowest BCUT2D eigenvalue weighted by Gasteiger charge is -2.21. The Morgan fingerprint density at radius 2 is 2.16 bits per heavy atom. The quantitative estimate of drug-likeness (QED) is 0.682. The Hall–Kier alpha value is -1.75. The first-order chi connectivity index (χ1) is 8.89. The number of nitrogens with one attached hydrogen (secondary N) is 1. The second-order valence-electron chi connectivity index (χ2n) is 4.72. The molecule has 0 spiro atoms. The van der Waals surface area contributed by atoms with Crippen molar-refractivity contribution in [2.45, 2.75) is 32.8 Å². The Labute approximate surface area is 113 Å². The topological polar surface area (TPSA) is 84.6 Å². The van der Waals surface area contributed by atoms with E-state index in [1.165, 1.54) is 0 Å². The first-order valence-electron chi connectivity index (χ1n) is 6.42. The summed E-state index contributed by atoms with van der Waals surface area (Å²) in [5.74, 6) is 0.308. The fraction of sp³-hybridized carbons (Fsp3) is 0.500. The van der Waals surface area contributed by atoms with Gasteiger partial charge in [-0.15, -0.1) is 0 Å². The average molecular weight is 266 g/mol. The zero-order chi connectivity index (χ0) is 14.5. The summed E-state index contributed by atoms with van der Waals surface area (Å²) >= 11 is 0. The minimum atomic E-state index is -0.896. The highest BCUT2D eigenvalue weighted by Gasteiger charge is 2.19. The number of carbonyl (C=O) groups is 1. The lowest BCUT2D eigenvalue weighted by atomic mass is 10.0. The van der Waals surface area contributed by atoms with Gasteiger partial charge in [0, 0.05) is 12.1 Å². The molecule has 4 N–H and O–H groups in total. The molecule has 0 radical (unpaired) electrons. The number of nitrogen functional groups attached to an aromatic ring is 1. The maximum atomic E-state index is 11.9. The van der Waals surface area contributed by atoms with Crippen molar-refractivity contribution >= 4 is 11.6 Å². The second kappa shape index (κ2) is 6.43. The molecule has 1 atom stereocenters. The van der Waals surface area contributed by atoms with Crippen LogP contribution in [0.15, 0.2) is 18.2 Å². The van der Waals surface area contributed by atoms with Crippen molar-refractivity contribution in [1.29, 1.82) is 0 Å². The number of ether oxygens (including phenoxy) is 1. The van der Waals surface area contributed by atoms with Gasteiger partial charge >= 0.3 is 0 Å². The zero-order valence-corrected chi connectivity index (χ0v) is 11.7. The lowest BCUT2D eigenvalue weighted by Crippen LogP contribution is -2.40. The minimum Gasteiger partial charge on any atom is -0.492 e. The van der Waals surface area contributed by atoms with Crippen LogP contribution in [0.4, 0.5) is 5.69 Å². The van der Waals surface area contributed by atoms with Crippen LogP contribution in [0.1, 0.15) is 37.6 Å². The van der Waals surface area contributed by atoms with Crippen LogP contribution < -0.4 is 15.8 Å². The average Bonchev–Trinajstić information content (AvgIpc) is 2.38. The van der Waals surface area contributed by atoms with Crippen molar-refractivity contribution in [3.63, 3.8) is 0 Å². The van der Waals surface area contributed by atoms with Crippen LogP contribution in [0.25, 0.3) is 0 Å². The maximum absolute atomic E-state index is 11.9. The summed E-state index contributed by atoms with van der Waals surface area (Å²) in [4.78, 5) is 11.9. The molecule has 5 nitrogen and oxygen atoms in total. The largest absolute Gasteiger partial charge is 0.492 e. The van der Waals surface area contributed by atoms with Crippen LogP contribution in [0.2, 0.25) is 0 Å². The van der Waals surface area contributed by atoms with Gasteiger partial charge in [0.25, 0.3) is 5.91 Å². The molecule has 19 heavy (non-hydrogen) atoms. The third-order valence-corrected chi connectivity index (χ3v) is 2.96. The Kier molecular flexibility index (Phi) is 5.18. The Bertz CT molecular complexity index is 444. The highest BCUT2D eigenvalue weighted by atomic mass is 16.5. The molecule has 0 bridgehead atoms. The van der Waals surface area contributed by atoms with Crippen molar-refractivity contribution < 1.29 is 14.6 Å². The summed E-state index contributed by atoms with van der Waals surface area (Å²) in [5, 5.41) is 12.5. The molecule has 0 fully saturated rings. The number of benzene rings is 1. The monoisotopic (exact) mass is 266 g/mol. The number of aliphatic hydroxyl groups is 1. The van der Waals surface area contributed by atoms with E-state index in [1.54, 1.807) is 25.1 Å². The van der Waals surface area contributed by atoms with Gasteiger partial charge in [0.2, 0.25) is 0 Å². The molecule has 0 heterocycles. The molecule has 1 aromatic rings. The molecule has 1 amide bonds. The van der Waals surface area contributed by atoms with E-state index in [1.807, 2.05) is 13.8 Å². The summed E-state index contributed by atoms with van der Waals surface area (Å²) in [7, 11) is 0. The maximum Gasteiger partial charge on any atom is 0.251 e. The number of carbonyl (C=O) groups excluding carboxylic acids is 1. The van der Waals surface area contributed by atoms with E-state index in [4.69, 9.17) is 10.5 Å². The van der Waals surface area contributed by atoms with Gasteiger partial charge in [-0.25, -0.2) is 0 Å². The SMILES string of the molecule is CCOc1ccc(C(=O)NCC(C)(O)CC)cc1N. The number of anilines is 1. The summed E-state index contributed by atoms with van der Waals surface area (Å²) < 4.78 is 5.31. The van der Waals surface area contributed by atoms with Gasteiger partial charge in [-0.2, -0.15) is 0 Å². The normalized spacial score (nSPS) is 13.7. The Balaban J connectivity index is 2.70. The number of amides is 1. The Morgan fingerprint density at radius 1 is 1.47 bits per heavy atom. The van der Waals surface area contributed by atoms with Crippen LogP contribution in [-0.2, 0) is 0 Å². The molecule has 0 aliphatic heterocycles.